The molecule has 0 saturated heterocycles. The zero-order valence-corrected chi connectivity index (χ0v) is 13.5. The second-order valence-electron chi connectivity index (χ2n) is 5.43. The molecule has 1 N–H and O–H groups in total. The number of rotatable bonds is 6. The number of methoxy groups -OCH3 is 1. The molecule has 0 unspecified atom stereocenters. The van der Waals surface area contributed by atoms with Gasteiger partial charge in [0.2, 0.25) is 5.91 Å². The van der Waals surface area contributed by atoms with E-state index >= 15 is 0 Å². The summed E-state index contributed by atoms with van der Waals surface area (Å²) in [6.45, 7) is 0.550. The van der Waals surface area contributed by atoms with E-state index in [4.69, 9.17) is 9.15 Å². The third kappa shape index (κ3) is 4.04. The van der Waals surface area contributed by atoms with Crippen molar-refractivity contribution in [3.05, 3.63) is 72.2 Å². The van der Waals surface area contributed by atoms with E-state index in [1.54, 1.807) is 19.4 Å². The van der Waals surface area contributed by atoms with Gasteiger partial charge < -0.3 is 14.5 Å². The molecular formula is C20H19NO3. The number of carbonyl (C=O) groups excluding carboxylic acids is 1. The summed E-state index contributed by atoms with van der Waals surface area (Å²) in [5.74, 6) is 1.59. The third-order valence-corrected chi connectivity index (χ3v) is 3.75. The van der Waals surface area contributed by atoms with Crippen LogP contribution < -0.4 is 10.1 Å². The van der Waals surface area contributed by atoms with Gasteiger partial charge in [-0.2, -0.15) is 0 Å². The molecule has 1 heterocycles. The average molecular weight is 321 g/mol. The Morgan fingerprint density at radius 1 is 1.17 bits per heavy atom. The first kappa shape index (κ1) is 15.9. The lowest BCUT2D eigenvalue weighted by molar-refractivity contribution is -0.116. The Morgan fingerprint density at radius 3 is 2.79 bits per heavy atom. The first-order valence-corrected chi connectivity index (χ1v) is 7.81. The summed E-state index contributed by atoms with van der Waals surface area (Å²) < 4.78 is 10.4. The van der Waals surface area contributed by atoms with E-state index in [0.29, 0.717) is 13.0 Å². The molecule has 122 valence electrons. The van der Waals surface area contributed by atoms with Crippen molar-refractivity contribution < 1.29 is 13.9 Å². The Morgan fingerprint density at radius 2 is 2.00 bits per heavy atom. The van der Waals surface area contributed by atoms with E-state index in [1.165, 1.54) is 0 Å². The topological polar surface area (TPSA) is 51.5 Å². The zero-order valence-electron chi connectivity index (χ0n) is 13.5. The smallest absolute Gasteiger partial charge is 0.244 e. The predicted octanol–water partition coefficient (Wildman–Crippen LogP) is 3.81. The van der Waals surface area contributed by atoms with Crippen LogP contribution in [0.1, 0.15) is 11.3 Å². The van der Waals surface area contributed by atoms with Gasteiger partial charge in [-0.25, -0.2) is 0 Å². The lowest BCUT2D eigenvalue weighted by Crippen LogP contribution is -2.23. The van der Waals surface area contributed by atoms with Gasteiger partial charge in [0.1, 0.15) is 11.5 Å². The standard InChI is InChI=1S/C20H19NO3/c1-23-19-8-7-16-13-15(4-6-17(16)14-19)5-9-20(22)21-11-10-18-3-2-12-24-18/h2-9,12-14H,10-11H2,1H3,(H,21,22)/b9-5+. The molecule has 24 heavy (non-hydrogen) atoms. The van der Waals surface area contributed by atoms with Crippen LogP contribution in [0, 0.1) is 0 Å². The molecule has 1 amide bonds. The Bertz CT molecular complexity index is 850. The molecule has 2 aromatic carbocycles. The Labute approximate surface area is 140 Å². The summed E-state index contributed by atoms with van der Waals surface area (Å²) in [4.78, 5) is 11.8. The number of hydrogen-bond donors (Lipinski definition) is 1. The van der Waals surface area contributed by atoms with Gasteiger partial charge in [-0.05, 0) is 52.7 Å². The molecule has 0 radical (unpaired) electrons. The van der Waals surface area contributed by atoms with Crippen molar-refractivity contribution in [1.29, 1.82) is 0 Å². The van der Waals surface area contributed by atoms with Crippen molar-refractivity contribution in [2.75, 3.05) is 13.7 Å². The van der Waals surface area contributed by atoms with Crippen molar-refractivity contribution in [3.8, 4) is 5.75 Å². The fourth-order valence-corrected chi connectivity index (χ4v) is 2.47. The van der Waals surface area contributed by atoms with Crippen LogP contribution in [-0.2, 0) is 11.2 Å². The number of carbonyl (C=O) groups is 1. The molecule has 0 bridgehead atoms. The second kappa shape index (κ2) is 7.51. The lowest BCUT2D eigenvalue weighted by Gasteiger charge is -2.03. The summed E-state index contributed by atoms with van der Waals surface area (Å²) in [5, 5.41) is 5.05. The Kier molecular flexibility index (Phi) is 4.96. The Hall–Kier alpha value is -3.01. The number of amides is 1. The summed E-state index contributed by atoms with van der Waals surface area (Å²) in [7, 11) is 1.66. The van der Waals surface area contributed by atoms with Gasteiger partial charge >= 0.3 is 0 Å². The minimum Gasteiger partial charge on any atom is -0.497 e. The van der Waals surface area contributed by atoms with Crippen molar-refractivity contribution in [2.45, 2.75) is 6.42 Å². The predicted molar refractivity (Wildman–Crippen MR) is 95.0 cm³/mol. The van der Waals surface area contributed by atoms with E-state index in [-0.39, 0.29) is 5.91 Å². The van der Waals surface area contributed by atoms with Crippen LogP contribution in [-0.4, -0.2) is 19.6 Å². The highest BCUT2D eigenvalue weighted by Gasteiger charge is 2.00. The number of fused-ring (bicyclic) bond motifs is 1. The fraction of sp³-hybridized carbons (Fsp3) is 0.150. The monoisotopic (exact) mass is 321 g/mol. The van der Waals surface area contributed by atoms with E-state index in [2.05, 4.69) is 5.32 Å². The molecule has 4 heteroatoms. The van der Waals surface area contributed by atoms with Gasteiger partial charge in [0, 0.05) is 19.0 Å². The van der Waals surface area contributed by atoms with Gasteiger partial charge in [0.05, 0.1) is 13.4 Å². The van der Waals surface area contributed by atoms with Gasteiger partial charge in [-0.3, -0.25) is 4.79 Å². The molecule has 3 aromatic rings. The second-order valence-corrected chi connectivity index (χ2v) is 5.43. The average Bonchev–Trinajstić information content (AvgIpc) is 3.12. The number of furan rings is 1. The molecule has 0 saturated carbocycles. The molecule has 1 aromatic heterocycles. The van der Waals surface area contributed by atoms with E-state index in [0.717, 1.165) is 27.8 Å². The molecular weight excluding hydrogens is 302 g/mol. The molecule has 0 aliphatic carbocycles. The lowest BCUT2D eigenvalue weighted by atomic mass is 10.1. The van der Waals surface area contributed by atoms with Gasteiger partial charge in [-0.1, -0.05) is 18.2 Å². The molecule has 0 fully saturated rings. The minimum absolute atomic E-state index is 0.114. The van der Waals surface area contributed by atoms with Crippen molar-refractivity contribution >= 4 is 22.8 Å². The minimum atomic E-state index is -0.114. The maximum Gasteiger partial charge on any atom is 0.244 e. The van der Waals surface area contributed by atoms with Crippen LogP contribution in [0.3, 0.4) is 0 Å². The zero-order chi connectivity index (χ0) is 16.8. The number of benzene rings is 2. The maximum atomic E-state index is 11.8. The van der Waals surface area contributed by atoms with Gasteiger partial charge in [0.25, 0.3) is 0 Å². The van der Waals surface area contributed by atoms with E-state index in [1.807, 2.05) is 54.6 Å². The largest absolute Gasteiger partial charge is 0.497 e. The third-order valence-electron chi connectivity index (χ3n) is 3.75. The van der Waals surface area contributed by atoms with Crippen LogP contribution in [0.25, 0.3) is 16.8 Å². The molecule has 0 aliphatic heterocycles. The summed E-state index contributed by atoms with van der Waals surface area (Å²) >= 11 is 0. The SMILES string of the molecule is COc1ccc2cc(/C=C/C(=O)NCCc3ccco3)ccc2c1. The molecule has 4 nitrogen and oxygen atoms in total. The highest BCUT2D eigenvalue weighted by Crippen LogP contribution is 2.22. The molecule has 3 rings (SSSR count). The normalized spacial score (nSPS) is 11.0. The molecule has 0 aliphatic rings. The van der Waals surface area contributed by atoms with Crippen LogP contribution in [0.15, 0.2) is 65.3 Å². The summed E-state index contributed by atoms with van der Waals surface area (Å²) in [5.41, 5.74) is 0.980. The highest BCUT2D eigenvalue weighted by atomic mass is 16.5. The van der Waals surface area contributed by atoms with Crippen molar-refractivity contribution in [2.24, 2.45) is 0 Å². The quantitative estimate of drug-likeness (QED) is 0.702. The van der Waals surface area contributed by atoms with Gasteiger partial charge in [-0.15, -0.1) is 0 Å². The first-order chi connectivity index (χ1) is 11.7. The number of hydrogen-bond acceptors (Lipinski definition) is 3. The van der Waals surface area contributed by atoms with Gasteiger partial charge in [0.15, 0.2) is 0 Å². The van der Waals surface area contributed by atoms with Crippen LogP contribution in [0.5, 0.6) is 5.75 Å². The van der Waals surface area contributed by atoms with Crippen LogP contribution in [0.4, 0.5) is 0 Å². The molecule has 0 spiro atoms. The van der Waals surface area contributed by atoms with Crippen LogP contribution in [0.2, 0.25) is 0 Å². The fourth-order valence-electron chi connectivity index (χ4n) is 2.47. The van der Waals surface area contributed by atoms with Crippen molar-refractivity contribution in [1.82, 2.24) is 5.32 Å². The maximum absolute atomic E-state index is 11.8. The van der Waals surface area contributed by atoms with E-state index < -0.39 is 0 Å². The van der Waals surface area contributed by atoms with Crippen molar-refractivity contribution in [3.63, 3.8) is 0 Å². The highest BCUT2D eigenvalue weighted by molar-refractivity contribution is 5.93. The summed E-state index contributed by atoms with van der Waals surface area (Å²) in [6, 6.07) is 15.7. The Balaban J connectivity index is 1.59. The van der Waals surface area contributed by atoms with E-state index in [9.17, 15) is 4.79 Å². The number of nitrogens with one attached hydrogen (secondary N) is 1. The summed E-state index contributed by atoms with van der Waals surface area (Å²) in [6.07, 6.45) is 5.68. The number of ether oxygens (including phenoxy) is 1. The first-order valence-electron chi connectivity index (χ1n) is 7.81. The van der Waals surface area contributed by atoms with Crippen LogP contribution >= 0.6 is 0 Å². The molecule has 0 atom stereocenters.